The Morgan fingerprint density at radius 1 is 1.32 bits per heavy atom. The van der Waals surface area contributed by atoms with E-state index >= 15 is 0 Å². The summed E-state index contributed by atoms with van der Waals surface area (Å²) < 4.78 is 11.5. The number of aliphatic hydroxyl groups excluding tert-OH is 1. The van der Waals surface area contributed by atoms with Crippen LogP contribution in [0.1, 0.15) is 49.2 Å². The number of aromatic nitrogens is 2. The molecule has 0 radical (unpaired) electrons. The van der Waals surface area contributed by atoms with Crippen LogP contribution in [-0.4, -0.2) is 34.4 Å². The first-order chi connectivity index (χ1) is 12.3. The average molecular weight is 342 g/mol. The van der Waals surface area contributed by atoms with Crippen LogP contribution >= 0.6 is 0 Å². The van der Waals surface area contributed by atoms with Crippen molar-refractivity contribution in [3.8, 4) is 5.75 Å². The normalized spacial score (nSPS) is 18.7. The smallest absolute Gasteiger partial charge is 0.134 e. The molecule has 0 saturated carbocycles. The fourth-order valence-corrected chi connectivity index (χ4v) is 3.00. The van der Waals surface area contributed by atoms with Crippen molar-refractivity contribution >= 4 is 0 Å². The van der Waals surface area contributed by atoms with Gasteiger partial charge >= 0.3 is 0 Å². The zero-order valence-electron chi connectivity index (χ0n) is 14.7. The van der Waals surface area contributed by atoms with E-state index in [1.165, 1.54) is 0 Å². The summed E-state index contributed by atoms with van der Waals surface area (Å²) >= 11 is 0. The van der Waals surface area contributed by atoms with Gasteiger partial charge < -0.3 is 14.6 Å². The van der Waals surface area contributed by atoms with E-state index in [-0.39, 0.29) is 12.0 Å². The molecule has 1 aliphatic heterocycles. The fourth-order valence-electron chi connectivity index (χ4n) is 3.00. The Labute approximate surface area is 149 Å². The maximum absolute atomic E-state index is 9.91. The molecule has 0 bridgehead atoms. The first-order valence-corrected chi connectivity index (χ1v) is 9.04. The minimum Gasteiger partial charge on any atom is -0.487 e. The van der Waals surface area contributed by atoms with Crippen molar-refractivity contribution in [3.05, 3.63) is 53.6 Å². The van der Waals surface area contributed by atoms with Gasteiger partial charge in [0.15, 0.2) is 0 Å². The number of nitrogens with zero attached hydrogens (tertiary/aromatic N) is 2. The van der Waals surface area contributed by atoms with Gasteiger partial charge in [-0.15, -0.1) is 0 Å². The molecular formula is C20H26N2O3. The summed E-state index contributed by atoms with van der Waals surface area (Å²) in [6.07, 6.45) is 4.90. The van der Waals surface area contributed by atoms with Crippen LogP contribution < -0.4 is 4.74 Å². The van der Waals surface area contributed by atoms with Crippen LogP contribution in [0.4, 0.5) is 0 Å². The molecule has 0 aliphatic carbocycles. The average Bonchev–Trinajstić information content (AvgIpc) is 2.68. The van der Waals surface area contributed by atoms with Crippen molar-refractivity contribution in [2.75, 3.05) is 13.2 Å². The zero-order valence-corrected chi connectivity index (χ0v) is 14.7. The number of hydrogen-bond acceptors (Lipinski definition) is 5. The van der Waals surface area contributed by atoms with Gasteiger partial charge in [-0.25, -0.2) is 9.97 Å². The highest BCUT2D eigenvalue weighted by molar-refractivity contribution is 5.34. The lowest BCUT2D eigenvalue weighted by atomic mass is 10.0. The quantitative estimate of drug-likeness (QED) is 0.837. The number of aliphatic hydroxyl groups is 1. The standard InChI is InChI=1S/C20H26N2O3/c1-2-18(23)12-15-6-3-4-8-19(15)25-14-17-9-10-21-20(22-17)16-7-5-11-24-13-16/h3-4,6,8-10,16,18,23H,2,5,7,11-14H2,1H3/t16?,18-/m1/s1. The fraction of sp³-hybridized carbons (Fsp3) is 0.500. The Hall–Kier alpha value is -1.98. The molecule has 5 heteroatoms. The minimum absolute atomic E-state index is 0.278. The summed E-state index contributed by atoms with van der Waals surface area (Å²) in [5, 5.41) is 9.91. The number of hydrogen-bond donors (Lipinski definition) is 1. The van der Waals surface area contributed by atoms with Crippen molar-refractivity contribution in [3.63, 3.8) is 0 Å². The lowest BCUT2D eigenvalue weighted by Crippen LogP contribution is -2.18. The molecule has 134 valence electrons. The monoisotopic (exact) mass is 342 g/mol. The van der Waals surface area contributed by atoms with Crippen molar-refractivity contribution in [1.29, 1.82) is 0 Å². The molecule has 1 saturated heterocycles. The molecule has 5 nitrogen and oxygen atoms in total. The second-order valence-electron chi connectivity index (χ2n) is 6.48. The zero-order chi connectivity index (χ0) is 17.5. The van der Waals surface area contributed by atoms with E-state index in [4.69, 9.17) is 9.47 Å². The maximum Gasteiger partial charge on any atom is 0.134 e. The van der Waals surface area contributed by atoms with Crippen molar-refractivity contribution in [2.45, 2.75) is 51.2 Å². The molecule has 1 aliphatic rings. The highest BCUT2D eigenvalue weighted by atomic mass is 16.5. The van der Waals surface area contributed by atoms with Crippen LogP contribution in [0.25, 0.3) is 0 Å². The van der Waals surface area contributed by atoms with Gasteiger partial charge in [-0.1, -0.05) is 25.1 Å². The second kappa shape index (κ2) is 8.92. The molecule has 1 fully saturated rings. The Balaban J connectivity index is 1.66. The van der Waals surface area contributed by atoms with Crippen LogP contribution in [-0.2, 0) is 17.8 Å². The molecule has 1 N–H and O–H groups in total. The molecule has 1 unspecified atom stereocenters. The Morgan fingerprint density at radius 2 is 2.20 bits per heavy atom. The molecule has 2 heterocycles. The number of para-hydroxylation sites is 1. The third-order valence-corrected chi connectivity index (χ3v) is 4.53. The predicted molar refractivity (Wildman–Crippen MR) is 95.6 cm³/mol. The van der Waals surface area contributed by atoms with E-state index in [0.717, 1.165) is 48.7 Å². The highest BCUT2D eigenvalue weighted by Gasteiger charge is 2.19. The van der Waals surface area contributed by atoms with Gasteiger partial charge in [-0.3, -0.25) is 0 Å². The summed E-state index contributed by atoms with van der Waals surface area (Å²) in [5.41, 5.74) is 1.88. The molecule has 0 amide bonds. The maximum atomic E-state index is 9.91. The lowest BCUT2D eigenvalue weighted by molar-refractivity contribution is 0.0779. The molecule has 2 aromatic rings. The van der Waals surface area contributed by atoms with E-state index in [1.54, 1.807) is 6.20 Å². The van der Waals surface area contributed by atoms with Crippen molar-refractivity contribution < 1.29 is 14.6 Å². The first kappa shape index (κ1) is 17.8. The summed E-state index contributed by atoms with van der Waals surface area (Å²) in [6, 6.07) is 9.74. The molecule has 1 aromatic carbocycles. The SMILES string of the molecule is CC[C@@H](O)Cc1ccccc1OCc1ccnc(C2CCCOC2)n1. The number of ether oxygens (including phenoxy) is 2. The van der Waals surface area contributed by atoms with E-state index in [0.29, 0.717) is 19.6 Å². The predicted octanol–water partition coefficient (Wildman–Crippen LogP) is 3.26. The van der Waals surface area contributed by atoms with Gasteiger partial charge in [-0.05, 0) is 37.0 Å². The molecule has 3 rings (SSSR count). The van der Waals surface area contributed by atoms with Gasteiger partial charge in [0.05, 0.1) is 18.4 Å². The largest absolute Gasteiger partial charge is 0.487 e. The summed E-state index contributed by atoms with van der Waals surface area (Å²) in [4.78, 5) is 9.06. The Morgan fingerprint density at radius 3 is 3.00 bits per heavy atom. The number of benzene rings is 1. The molecule has 0 spiro atoms. The third kappa shape index (κ3) is 5.00. The molecule has 25 heavy (non-hydrogen) atoms. The van der Waals surface area contributed by atoms with E-state index in [2.05, 4.69) is 9.97 Å². The van der Waals surface area contributed by atoms with Gasteiger partial charge in [0.2, 0.25) is 0 Å². The topological polar surface area (TPSA) is 64.5 Å². The van der Waals surface area contributed by atoms with E-state index in [9.17, 15) is 5.11 Å². The van der Waals surface area contributed by atoms with E-state index < -0.39 is 0 Å². The Bertz CT molecular complexity index is 671. The lowest BCUT2D eigenvalue weighted by Gasteiger charge is -2.21. The highest BCUT2D eigenvalue weighted by Crippen LogP contribution is 2.24. The van der Waals surface area contributed by atoms with Gasteiger partial charge in [0, 0.05) is 25.1 Å². The van der Waals surface area contributed by atoms with Crippen LogP contribution in [0, 0.1) is 0 Å². The van der Waals surface area contributed by atoms with E-state index in [1.807, 2.05) is 37.3 Å². The summed E-state index contributed by atoms with van der Waals surface area (Å²) in [5.74, 6) is 1.92. The minimum atomic E-state index is -0.346. The third-order valence-electron chi connectivity index (χ3n) is 4.53. The van der Waals surface area contributed by atoms with Gasteiger partial charge in [-0.2, -0.15) is 0 Å². The van der Waals surface area contributed by atoms with Gasteiger partial charge in [0.1, 0.15) is 18.2 Å². The van der Waals surface area contributed by atoms with Crippen LogP contribution in [0.3, 0.4) is 0 Å². The van der Waals surface area contributed by atoms with Crippen LogP contribution in [0.5, 0.6) is 5.75 Å². The molecule has 2 atom stereocenters. The van der Waals surface area contributed by atoms with Crippen molar-refractivity contribution in [2.24, 2.45) is 0 Å². The second-order valence-corrected chi connectivity index (χ2v) is 6.48. The summed E-state index contributed by atoms with van der Waals surface area (Å²) in [6.45, 7) is 3.90. The first-order valence-electron chi connectivity index (χ1n) is 9.04. The molecular weight excluding hydrogens is 316 g/mol. The Kier molecular flexibility index (Phi) is 6.36. The van der Waals surface area contributed by atoms with Crippen LogP contribution in [0.15, 0.2) is 36.5 Å². The van der Waals surface area contributed by atoms with Crippen molar-refractivity contribution in [1.82, 2.24) is 9.97 Å². The number of rotatable bonds is 7. The molecule has 1 aromatic heterocycles. The van der Waals surface area contributed by atoms with Crippen LogP contribution in [0.2, 0.25) is 0 Å². The summed E-state index contributed by atoms with van der Waals surface area (Å²) in [7, 11) is 0. The van der Waals surface area contributed by atoms with Gasteiger partial charge in [0.25, 0.3) is 0 Å².